The molecule has 0 saturated heterocycles. The molecule has 0 N–H and O–H groups in total. The van der Waals surface area contributed by atoms with E-state index in [0.717, 1.165) is 55.5 Å². The fourth-order valence-electron chi connectivity index (χ4n) is 9.64. The van der Waals surface area contributed by atoms with Gasteiger partial charge in [0.15, 0.2) is 0 Å². The maximum Gasteiger partial charge on any atom is 0.143 e. The summed E-state index contributed by atoms with van der Waals surface area (Å²) in [4.78, 5) is 2.45. The number of benzene rings is 9. The van der Waals surface area contributed by atoms with Gasteiger partial charge in [-0.05, 0) is 98.9 Å². The lowest BCUT2D eigenvalue weighted by molar-refractivity contribution is 0.660. The third-order valence-electron chi connectivity index (χ3n) is 12.5. The normalized spacial score (nSPS) is 13.1. The van der Waals surface area contributed by atoms with Crippen LogP contribution in [0.3, 0.4) is 0 Å². The quantitative estimate of drug-likeness (QED) is 0.174. The lowest BCUT2D eigenvalue weighted by atomic mass is 9.82. The highest BCUT2D eigenvalue weighted by Crippen LogP contribution is 2.52. The summed E-state index contributed by atoms with van der Waals surface area (Å²) in [5, 5.41) is 7.21. The number of furan rings is 1. The predicted molar refractivity (Wildman–Crippen MR) is 247 cm³/mol. The van der Waals surface area contributed by atoms with Crippen LogP contribution in [-0.2, 0) is 5.41 Å². The van der Waals surface area contributed by atoms with Crippen LogP contribution in [0.2, 0.25) is 0 Å². The Labute approximate surface area is 340 Å². The minimum Gasteiger partial charge on any atom is -0.455 e. The summed E-state index contributed by atoms with van der Waals surface area (Å²) in [6.07, 6.45) is 0. The van der Waals surface area contributed by atoms with E-state index in [9.17, 15) is 0 Å². The molecule has 1 aliphatic rings. The van der Waals surface area contributed by atoms with Gasteiger partial charge in [-0.25, -0.2) is 0 Å². The first-order valence-corrected chi connectivity index (χ1v) is 20.8. The van der Waals surface area contributed by atoms with E-state index >= 15 is 0 Å². The highest BCUT2D eigenvalue weighted by Gasteiger charge is 2.36. The molecule has 1 aliphatic carbocycles. The van der Waals surface area contributed by atoms with Gasteiger partial charge in [-0.1, -0.05) is 147 Å². The summed E-state index contributed by atoms with van der Waals surface area (Å²) in [7, 11) is 0. The topological polar surface area (TPSA) is 16.4 Å². The van der Waals surface area contributed by atoms with Gasteiger partial charge in [0, 0.05) is 58.7 Å². The van der Waals surface area contributed by atoms with E-state index in [1.165, 1.54) is 58.9 Å². The Bertz CT molecular complexity index is 3440. The second-order valence-electron chi connectivity index (χ2n) is 16.1. The standard InChI is InChI=1S/C55H37NOS/c1-55(2)47-18-8-5-14-40(47)41-31-28-38(33-48(41)55)56(37-26-22-34(23-27-37)36-25-29-44-43-16-7-10-21-51(43)58-52(44)32-36)49-19-9-6-15-42(49)45-17-11-20-50-53(45)46-30-24-35-12-3-4-13-39(35)54(46)57-50/h3-33H,1-2H3. The molecule has 0 unspecified atom stereocenters. The first kappa shape index (κ1) is 33.2. The molecule has 274 valence electrons. The van der Waals surface area contributed by atoms with E-state index in [2.05, 4.69) is 207 Å². The molecule has 2 aromatic heterocycles. The van der Waals surface area contributed by atoms with E-state index in [4.69, 9.17) is 4.42 Å². The molecule has 0 amide bonds. The Kier molecular flexibility index (Phi) is 7.18. The van der Waals surface area contributed by atoms with Gasteiger partial charge in [-0.2, -0.15) is 0 Å². The summed E-state index contributed by atoms with van der Waals surface area (Å²) < 4.78 is 9.33. The summed E-state index contributed by atoms with van der Waals surface area (Å²) in [5.74, 6) is 0. The molecule has 0 fully saturated rings. The Morgan fingerprint density at radius 3 is 2.02 bits per heavy atom. The lowest BCUT2D eigenvalue weighted by Gasteiger charge is -2.30. The number of hydrogen-bond donors (Lipinski definition) is 0. The Morgan fingerprint density at radius 2 is 1.12 bits per heavy atom. The zero-order valence-electron chi connectivity index (χ0n) is 32.2. The summed E-state index contributed by atoms with van der Waals surface area (Å²) in [6.45, 7) is 4.71. The van der Waals surface area contributed by atoms with Crippen molar-refractivity contribution >= 4 is 81.3 Å². The minimum atomic E-state index is -0.133. The van der Waals surface area contributed by atoms with Crippen LogP contribution in [0.1, 0.15) is 25.0 Å². The van der Waals surface area contributed by atoms with E-state index in [-0.39, 0.29) is 5.41 Å². The molecule has 0 spiro atoms. The molecular formula is C55H37NOS. The van der Waals surface area contributed by atoms with Crippen molar-refractivity contribution < 1.29 is 4.42 Å². The Morgan fingerprint density at radius 1 is 0.448 bits per heavy atom. The average Bonchev–Trinajstić information content (AvgIpc) is 3.92. The van der Waals surface area contributed by atoms with Gasteiger partial charge < -0.3 is 9.32 Å². The zero-order valence-corrected chi connectivity index (χ0v) is 33.0. The first-order valence-electron chi connectivity index (χ1n) is 20.0. The van der Waals surface area contributed by atoms with Gasteiger partial charge >= 0.3 is 0 Å². The van der Waals surface area contributed by atoms with Crippen molar-refractivity contribution in [2.24, 2.45) is 0 Å². The van der Waals surface area contributed by atoms with E-state index in [1.54, 1.807) is 0 Å². The molecule has 58 heavy (non-hydrogen) atoms. The van der Waals surface area contributed by atoms with E-state index in [0.29, 0.717) is 0 Å². The van der Waals surface area contributed by atoms with Crippen molar-refractivity contribution in [1.82, 2.24) is 0 Å². The molecule has 0 atom stereocenters. The highest BCUT2D eigenvalue weighted by atomic mass is 32.1. The first-order chi connectivity index (χ1) is 28.5. The number of rotatable bonds is 5. The molecule has 0 aliphatic heterocycles. The number of fused-ring (bicyclic) bond motifs is 11. The molecule has 2 heterocycles. The summed E-state index contributed by atoms with van der Waals surface area (Å²) in [5.41, 5.74) is 15.1. The van der Waals surface area contributed by atoms with Crippen LogP contribution < -0.4 is 4.90 Å². The average molecular weight is 760 g/mol. The number of hydrogen-bond acceptors (Lipinski definition) is 3. The van der Waals surface area contributed by atoms with Crippen molar-refractivity contribution in [3.63, 3.8) is 0 Å². The second kappa shape index (κ2) is 12.5. The van der Waals surface area contributed by atoms with Gasteiger partial charge in [-0.15, -0.1) is 11.3 Å². The summed E-state index contributed by atoms with van der Waals surface area (Å²) >= 11 is 1.86. The second-order valence-corrected chi connectivity index (χ2v) is 17.1. The van der Waals surface area contributed by atoms with Crippen LogP contribution in [0.25, 0.3) is 86.3 Å². The molecule has 3 heteroatoms. The van der Waals surface area contributed by atoms with Crippen LogP contribution in [0.15, 0.2) is 192 Å². The Hall–Kier alpha value is -6.94. The van der Waals surface area contributed by atoms with Gasteiger partial charge in [0.25, 0.3) is 0 Å². The SMILES string of the molecule is CC1(C)c2ccccc2-c2ccc(N(c3ccc(-c4ccc5c(c4)sc4ccccc45)cc3)c3ccccc3-c3cccc4oc5c6ccccc6ccc5c34)cc21. The minimum absolute atomic E-state index is 0.133. The maximum absolute atomic E-state index is 6.69. The van der Waals surface area contributed by atoms with Crippen molar-refractivity contribution in [2.45, 2.75) is 19.3 Å². The largest absolute Gasteiger partial charge is 0.455 e. The van der Waals surface area contributed by atoms with Gasteiger partial charge in [0.05, 0.1) is 5.69 Å². The van der Waals surface area contributed by atoms with Crippen LogP contribution in [0, 0.1) is 0 Å². The van der Waals surface area contributed by atoms with Gasteiger partial charge in [0.1, 0.15) is 11.2 Å². The molecule has 11 aromatic rings. The smallest absolute Gasteiger partial charge is 0.143 e. The lowest BCUT2D eigenvalue weighted by Crippen LogP contribution is -2.16. The molecule has 9 aromatic carbocycles. The molecule has 2 nitrogen and oxygen atoms in total. The third kappa shape index (κ3) is 4.90. The number of thiophene rings is 1. The molecule has 0 saturated carbocycles. The van der Waals surface area contributed by atoms with Crippen LogP contribution >= 0.6 is 11.3 Å². The molecule has 12 rings (SSSR count). The van der Waals surface area contributed by atoms with Crippen LogP contribution in [0.5, 0.6) is 0 Å². The highest BCUT2D eigenvalue weighted by molar-refractivity contribution is 7.25. The zero-order chi connectivity index (χ0) is 38.5. The fraction of sp³-hybridized carbons (Fsp3) is 0.0545. The van der Waals surface area contributed by atoms with Gasteiger partial charge in [-0.3, -0.25) is 0 Å². The fourth-order valence-corrected chi connectivity index (χ4v) is 10.8. The monoisotopic (exact) mass is 759 g/mol. The number of para-hydroxylation sites is 1. The van der Waals surface area contributed by atoms with E-state index < -0.39 is 0 Å². The molecular weight excluding hydrogens is 723 g/mol. The van der Waals surface area contributed by atoms with Crippen molar-refractivity contribution in [3.05, 3.63) is 199 Å². The third-order valence-corrected chi connectivity index (χ3v) is 13.6. The maximum atomic E-state index is 6.69. The van der Waals surface area contributed by atoms with Crippen LogP contribution in [-0.4, -0.2) is 0 Å². The number of anilines is 3. The van der Waals surface area contributed by atoms with E-state index in [1.807, 2.05) is 11.3 Å². The summed E-state index contributed by atoms with van der Waals surface area (Å²) in [6, 6.07) is 68.9. The van der Waals surface area contributed by atoms with Crippen molar-refractivity contribution in [3.8, 4) is 33.4 Å². The van der Waals surface area contributed by atoms with Crippen LogP contribution in [0.4, 0.5) is 17.1 Å². The predicted octanol–water partition coefficient (Wildman–Crippen LogP) is 16.2. The molecule has 0 bridgehead atoms. The number of nitrogens with zero attached hydrogens (tertiary/aromatic N) is 1. The van der Waals surface area contributed by atoms with Crippen molar-refractivity contribution in [2.75, 3.05) is 4.90 Å². The van der Waals surface area contributed by atoms with Crippen molar-refractivity contribution in [1.29, 1.82) is 0 Å². The van der Waals surface area contributed by atoms with Gasteiger partial charge in [0.2, 0.25) is 0 Å². The molecule has 0 radical (unpaired) electrons. The Balaban J connectivity index is 1.05.